The van der Waals surface area contributed by atoms with Gasteiger partial charge in [0.25, 0.3) is 11.8 Å². The van der Waals surface area contributed by atoms with Crippen molar-refractivity contribution in [3.05, 3.63) is 60.2 Å². The Morgan fingerprint density at radius 1 is 0.969 bits per heavy atom. The number of hydrogen-bond acceptors (Lipinski definition) is 6. The van der Waals surface area contributed by atoms with Crippen molar-refractivity contribution in [2.45, 2.75) is 13.3 Å². The van der Waals surface area contributed by atoms with E-state index in [2.05, 4.69) is 16.1 Å². The molecule has 1 atom stereocenters. The number of hydrazine groups is 1. The molecule has 1 saturated heterocycles. The molecule has 10 nitrogen and oxygen atoms in total. The first-order valence-corrected chi connectivity index (χ1v) is 9.82. The van der Waals surface area contributed by atoms with Crippen molar-refractivity contribution in [2.75, 3.05) is 23.8 Å². The first kappa shape index (κ1) is 22.5. The number of amides is 4. The summed E-state index contributed by atoms with van der Waals surface area (Å²) in [6, 6.07) is 14.8. The van der Waals surface area contributed by atoms with E-state index in [1.165, 1.54) is 6.92 Å². The first-order valence-electron chi connectivity index (χ1n) is 9.82. The molecule has 1 heterocycles. The largest absolute Gasteiger partial charge is 0.455 e. The maximum Gasteiger partial charge on any atom is 0.311 e. The summed E-state index contributed by atoms with van der Waals surface area (Å²) in [6.45, 7) is 0.828. The lowest BCUT2D eigenvalue weighted by atomic mass is 10.1. The lowest BCUT2D eigenvalue weighted by Gasteiger charge is -2.17. The van der Waals surface area contributed by atoms with E-state index in [-0.39, 0.29) is 18.9 Å². The predicted molar refractivity (Wildman–Crippen MR) is 114 cm³/mol. The van der Waals surface area contributed by atoms with Crippen LogP contribution in [-0.4, -0.2) is 47.8 Å². The number of rotatable bonds is 7. The molecule has 4 amide bonds. The van der Waals surface area contributed by atoms with Gasteiger partial charge in [-0.25, -0.2) is 0 Å². The summed E-state index contributed by atoms with van der Waals surface area (Å²) < 4.78 is 5.02. The van der Waals surface area contributed by atoms with Crippen molar-refractivity contribution in [3.8, 4) is 0 Å². The van der Waals surface area contributed by atoms with Crippen LogP contribution in [0.5, 0.6) is 0 Å². The number of nitrogens with one attached hydrogen (secondary N) is 3. The molecule has 2 aromatic rings. The topological polar surface area (TPSA) is 134 Å². The third-order valence-corrected chi connectivity index (χ3v) is 4.57. The van der Waals surface area contributed by atoms with E-state index in [0.29, 0.717) is 16.9 Å². The van der Waals surface area contributed by atoms with Crippen LogP contribution in [0.2, 0.25) is 0 Å². The van der Waals surface area contributed by atoms with Crippen LogP contribution in [0.15, 0.2) is 54.6 Å². The average molecular weight is 438 g/mol. The molecule has 0 radical (unpaired) electrons. The van der Waals surface area contributed by atoms with E-state index in [1.54, 1.807) is 54.6 Å². The fourth-order valence-corrected chi connectivity index (χ4v) is 3.04. The Labute approximate surface area is 183 Å². The SMILES string of the molecule is CC(=O)Nc1ccc(NC(=O)COC(=O)[C@H]2CC(=O)N(NC(=O)c3ccccc3)C2)cc1. The second-order valence-corrected chi connectivity index (χ2v) is 7.13. The maximum atomic E-state index is 12.3. The second kappa shape index (κ2) is 10.2. The monoisotopic (exact) mass is 438 g/mol. The molecule has 2 aromatic carbocycles. The number of benzene rings is 2. The van der Waals surface area contributed by atoms with E-state index in [1.807, 2.05) is 0 Å². The highest BCUT2D eigenvalue weighted by atomic mass is 16.5. The molecule has 166 valence electrons. The van der Waals surface area contributed by atoms with Gasteiger partial charge in [0.1, 0.15) is 0 Å². The third kappa shape index (κ3) is 6.14. The van der Waals surface area contributed by atoms with Crippen molar-refractivity contribution in [1.29, 1.82) is 0 Å². The van der Waals surface area contributed by atoms with E-state index < -0.39 is 36.2 Å². The van der Waals surface area contributed by atoms with Crippen LogP contribution in [0, 0.1) is 5.92 Å². The number of hydrogen-bond donors (Lipinski definition) is 3. The van der Waals surface area contributed by atoms with Crippen LogP contribution >= 0.6 is 0 Å². The van der Waals surface area contributed by atoms with Crippen LogP contribution in [0.4, 0.5) is 11.4 Å². The second-order valence-electron chi connectivity index (χ2n) is 7.13. The van der Waals surface area contributed by atoms with Gasteiger partial charge in [0.15, 0.2) is 6.61 Å². The Balaban J connectivity index is 1.44. The Bertz CT molecular complexity index is 1020. The van der Waals surface area contributed by atoms with Crippen molar-refractivity contribution < 1.29 is 28.7 Å². The van der Waals surface area contributed by atoms with Crippen molar-refractivity contribution >= 4 is 41.0 Å². The van der Waals surface area contributed by atoms with Gasteiger partial charge in [0.2, 0.25) is 11.8 Å². The molecule has 0 unspecified atom stereocenters. The number of carbonyl (C=O) groups excluding carboxylic acids is 5. The Kier molecular flexibility index (Phi) is 7.17. The summed E-state index contributed by atoms with van der Waals surface area (Å²) in [5, 5.41) is 6.25. The summed E-state index contributed by atoms with van der Waals surface area (Å²) in [6.07, 6.45) is -0.125. The number of ether oxygens (including phenoxy) is 1. The normalized spacial score (nSPS) is 15.1. The van der Waals surface area contributed by atoms with Crippen LogP contribution in [0.1, 0.15) is 23.7 Å². The average Bonchev–Trinajstić information content (AvgIpc) is 3.14. The highest BCUT2D eigenvalue weighted by Crippen LogP contribution is 2.18. The van der Waals surface area contributed by atoms with Crippen molar-refractivity contribution in [3.63, 3.8) is 0 Å². The number of nitrogens with zero attached hydrogens (tertiary/aromatic N) is 1. The summed E-state index contributed by atoms with van der Waals surface area (Å²) in [4.78, 5) is 59.6. The lowest BCUT2D eigenvalue weighted by molar-refractivity contribution is -0.151. The van der Waals surface area contributed by atoms with E-state index >= 15 is 0 Å². The highest BCUT2D eigenvalue weighted by Gasteiger charge is 2.36. The molecule has 1 aliphatic heterocycles. The molecule has 3 rings (SSSR count). The number of anilines is 2. The third-order valence-electron chi connectivity index (χ3n) is 4.57. The molecular formula is C22H22N4O6. The summed E-state index contributed by atoms with van der Waals surface area (Å²) in [5.41, 5.74) is 3.90. The zero-order chi connectivity index (χ0) is 23.1. The Morgan fingerprint density at radius 2 is 1.59 bits per heavy atom. The molecule has 32 heavy (non-hydrogen) atoms. The smallest absolute Gasteiger partial charge is 0.311 e. The Hall–Kier alpha value is -4.21. The summed E-state index contributed by atoms with van der Waals surface area (Å²) >= 11 is 0. The standard InChI is InChI=1S/C22H22N4O6/c1-14(27)23-17-7-9-18(10-8-17)24-19(28)13-32-22(31)16-11-20(29)26(12-16)25-21(30)15-5-3-2-4-6-15/h2-10,16H,11-13H2,1H3,(H,23,27)(H,24,28)(H,25,30)/t16-/m0/s1. The van der Waals surface area contributed by atoms with E-state index in [9.17, 15) is 24.0 Å². The van der Waals surface area contributed by atoms with Gasteiger partial charge in [-0.1, -0.05) is 18.2 Å². The molecular weight excluding hydrogens is 416 g/mol. The van der Waals surface area contributed by atoms with Gasteiger partial charge in [-0.15, -0.1) is 0 Å². The fourth-order valence-electron chi connectivity index (χ4n) is 3.04. The summed E-state index contributed by atoms with van der Waals surface area (Å²) in [5.74, 6) is -3.13. The lowest BCUT2D eigenvalue weighted by Crippen LogP contribution is -2.43. The van der Waals surface area contributed by atoms with Gasteiger partial charge < -0.3 is 15.4 Å². The molecule has 3 N–H and O–H groups in total. The molecule has 1 fully saturated rings. The molecule has 0 bridgehead atoms. The van der Waals surface area contributed by atoms with Crippen LogP contribution in [0.3, 0.4) is 0 Å². The summed E-state index contributed by atoms with van der Waals surface area (Å²) in [7, 11) is 0. The van der Waals surface area contributed by atoms with Gasteiger partial charge in [0, 0.05) is 30.3 Å². The van der Waals surface area contributed by atoms with E-state index in [4.69, 9.17) is 4.74 Å². The minimum absolute atomic E-state index is 0.0392. The zero-order valence-corrected chi connectivity index (χ0v) is 17.3. The van der Waals surface area contributed by atoms with Gasteiger partial charge in [-0.2, -0.15) is 0 Å². The van der Waals surface area contributed by atoms with Crippen LogP contribution < -0.4 is 16.1 Å². The van der Waals surface area contributed by atoms with E-state index in [0.717, 1.165) is 5.01 Å². The molecule has 0 aliphatic carbocycles. The van der Waals surface area contributed by atoms with Crippen LogP contribution in [0.25, 0.3) is 0 Å². The number of carbonyl (C=O) groups is 5. The fraction of sp³-hybridized carbons (Fsp3) is 0.227. The maximum absolute atomic E-state index is 12.3. The number of esters is 1. The predicted octanol–water partition coefficient (Wildman–Crippen LogP) is 1.32. The van der Waals surface area contributed by atoms with Gasteiger partial charge >= 0.3 is 5.97 Å². The highest BCUT2D eigenvalue weighted by molar-refractivity contribution is 5.97. The molecule has 1 aliphatic rings. The minimum Gasteiger partial charge on any atom is -0.455 e. The van der Waals surface area contributed by atoms with Gasteiger partial charge in [-0.3, -0.25) is 34.4 Å². The molecule has 0 spiro atoms. The zero-order valence-electron chi connectivity index (χ0n) is 17.3. The first-order chi connectivity index (χ1) is 15.3. The Morgan fingerprint density at radius 3 is 2.22 bits per heavy atom. The minimum atomic E-state index is -0.789. The van der Waals surface area contributed by atoms with Crippen molar-refractivity contribution in [1.82, 2.24) is 10.4 Å². The molecule has 0 aromatic heterocycles. The molecule has 0 saturated carbocycles. The molecule has 10 heteroatoms. The van der Waals surface area contributed by atoms with Gasteiger partial charge in [0.05, 0.1) is 12.5 Å². The van der Waals surface area contributed by atoms with Gasteiger partial charge in [-0.05, 0) is 36.4 Å². The van der Waals surface area contributed by atoms with Crippen molar-refractivity contribution in [2.24, 2.45) is 5.92 Å². The van der Waals surface area contributed by atoms with Crippen LogP contribution in [-0.2, 0) is 23.9 Å². The quantitative estimate of drug-likeness (QED) is 0.558.